The summed E-state index contributed by atoms with van der Waals surface area (Å²) >= 11 is 0. The third kappa shape index (κ3) is 4.10. The second-order valence-electron chi connectivity index (χ2n) is 5.66. The minimum absolute atomic E-state index is 0.221. The van der Waals surface area contributed by atoms with Crippen molar-refractivity contribution in [3.05, 3.63) is 65.7 Å². The molecule has 0 heterocycles. The van der Waals surface area contributed by atoms with Gasteiger partial charge in [0.25, 0.3) is 0 Å². The third-order valence-electron chi connectivity index (χ3n) is 3.20. The molecule has 2 aromatic carbocycles. The normalized spacial score (nSPS) is 11.3. The summed E-state index contributed by atoms with van der Waals surface area (Å²) in [7, 11) is 1.95. The Morgan fingerprint density at radius 1 is 0.950 bits per heavy atom. The van der Waals surface area contributed by atoms with Crippen molar-refractivity contribution in [1.82, 2.24) is 5.32 Å². The Labute approximate surface area is 121 Å². The molecule has 0 spiro atoms. The van der Waals surface area contributed by atoms with Gasteiger partial charge in [-0.3, -0.25) is 0 Å². The van der Waals surface area contributed by atoms with Crippen molar-refractivity contribution < 1.29 is 4.74 Å². The van der Waals surface area contributed by atoms with Crippen LogP contribution in [0.25, 0.3) is 0 Å². The lowest BCUT2D eigenvalue weighted by atomic mass is 10.0. The summed E-state index contributed by atoms with van der Waals surface area (Å²) in [5.41, 5.74) is 2.31. The minimum atomic E-state index is -0.221. The highest BCUT2D eigenvalue weighted by atomic mass is 16.5. The van der Waals surface area contributed by atoms with Crippen molar-refractivity contribution in [2.24, 2.45) is 0 Å². The van der Waals surface area contributed by atoms with E-state index in [1.807, 2.05) is 19.2 Å². The summed E-state index contributed by atoms with van der Waals surface area (Å²) in [6.07, 6.45) is 0.895. The van der Waals surface area contributed by atoms with Crippen LogP contribution >= 0.6 is 0 Å². The summed E-state index contributed by atoms with van der Waals surface area (Å²) in [5.74, 6) is 0.969. The van der Waals surface area contributed by atoms with E-state index in [9.17, 15) is 0 Å². The quantitative estimate of drug-likeness (QED) is 0.864. The minimum Gasteiger partial charge on any atom is -0.486 e. The predicted molar refractivity (Wildman–Crippen MR) is 84.3 cm³/mol. The van der Waals surface area contributed by atoms with Crippen LogP contribution in [0.5, 0.6) is 5.75 Å². The standard InChI is InChI=1S/C18H23NO/c1-18(2,14-19-3)20-17-12-8-7-11-16(17)13-15-9-5-4-6-10-15/h4-12,19H,13-14H2,1-3H3. The molecule has 20 heavy (non-hydrogen) atoms. The molecule has 0 aliphatic carbocycles. The van der Waals surface area contributed by atoms with Crippen LogP contribution in [0.2, 0.25) is 0 Å². The number of benzene rings is 2. The number of rotatable bonds is 6. The highest BCUT2D eigenvalue weighted by Gasteiger charge is 2.20. The van der Waals surface area contributed by atoms with E-state index in [0.29, 0.717) is 0 Å². The van der Waals surface area contributed by atoms with Gasteiger partial charge in [-0.05, 0) is 38.1 Å². The molecule has 106 valence electrons. The molecule has 0 aliphatic rings. The zero-order chi connectivity index (χ0) is 14.4. The largest absolute Gasteiger partial charge is 0.486 e. The number of hydrogen-bond donors (Lipinski definition) is 1. The highest BCUT2D eigenvalue weighted by Crippen LogP contribution is 2.25. The summed E-state index contributed by atoms with van der Waals surface area (Å²) < 4.78 is 6.18. The van der Waals surface area contributed by atoms with E-state index in [2.05, 4.69) is 61.6 Å². The molecule has 0 atom stereocenters. The van der Waals surface area contributed by atoms with Crippen molar-refractivity contribution in [1.29, 1.82) is 0 Å². The lowest BCUT2D eigenvalue weighted by Gasteiger charge is -2.27. The molecule has 0 bridgehead atoms. The van der Waals surface area contributed by atoms with Crippen LogP contribution < -0.4 is 10.1 Å². The van der Waals surface area contributed by atoms with E-state index < -0.39 is 0 Å². The fourth-order valence-corrected chi connectivity index (χ4v) is 2.32. The SMILES string of the molecule is CNCC(C)(C)Oc1ccccc1Cc1ccccc1. The number of ether oxygens (including phenoxy) is 1. The van der Waals surface area contributed by atoms with E-state index in [1.165, 1.54) is 11.1 Å². The molecular formula is C18H23NO. The maximum atomic E-state index is 6.18. The van der Waals surface area contributed by atoms with Crippen LogP contribution in [0.3, 0.4) is 0 Å². The maximum Gasteiger partial charge on any atom is 0.123 e. The molecule has 2 aromatic rings. The van der Waals surface area contributed by atoms with Gasteiger partial charge in [0.05, 0.1) is 0 Å². The van der Waals surface area contributed by atoms with Gasteiger partial charge in [0.2, 0.25) is 0 Å². The average Bonchev–Trinajstić information content (AvgIpc) is 2.42. The lowest BCUT2D eigenvalue weighted by molar-refractivity contribution is 0.109. The molecule has 2 nitrogen and oxygen atoms in total. The Bertz CT molecular complexity index is 534. The first kappa shape index (κ1) is 14.6. The molecule has 0 aliphatic heterocycles. The van der Waals surface area contributed by atoms with Crippen molar-refractivity contribution in [2.75, 3.05) is 13.6 Å². The molecule has 2 heteroatoms. The summed E-state index contributed by atoms with van der Waals surface area (Å²) in [6.45, 7) is 5.01. The Balaban J connectivity index is 2.18. The Morgan fingerprint density at radius 2 is 1.60 bits per heavy atom. The van der Waals surface area contributed by atoms with Gasteiger partial charge in [0, 0.05) is 13.0 Å². The van der Waals surface area contributed by atoms with Gasteiger partial charge in [-0.15, -0.1) is 0 Å². The van der Waals surface area contributed by atoms with Crippen molar-refractivity contribution in [3.63, 3.8) is 0 Å². The van der Waals surface area contributed by atoms with Gasteiger partial charge in [0.15, 0.2) is 0 Å². The van der Waals surface area contributed by atoms with Crippen LogP contribution in [0, 0.1) is 0 Å². The van der Waals surface area contributed by atoms with Crippen LogP contribution in [0.15, 0.2) is 54.6 Å². The third-order valence-corrected chi connectivity index (χ3v) is 3.20. The van der Waals surface area contributed by atoms with Gasteiger partial charge >= 0.3 is 0 Å². The average molecular weight is 269 g/mol. The zero-order valence-electron chi connectivity index (χ0n) is 12.5. The molecule has 1 N–H and O–H groups in total. The van der Waals surface area contributed by atoms with Gasteiger partial charge in [-0.1, -0.05) is 48.5 Å². The molecule has 0 unspecified atom stereocenters. The van der Waals surface area contributed by atoms with Crippen molar-refractivity contribution >= 4 is 0 Å². The van der Waals surface area contributed by atoms with Crippen LogP contribution in [0.1, 0.15) is 25.0 Å². The van der Waals surface area contributed by atoms with Gasteiger partial charge in [0.1, 0.15) is 11.4 Å². The molecule has 0 saturated carbocycles. The zero-order valence-corrected chi connectivity index (χ0v) is 12.5. The second kappa shape index (κ2) is 6.58. The Morgan fingerprint density at radius 3 is 2.30 bits per heavy atom. The van der Waals surface area contributed by atoms with E-state index in [0.717, 1.165) is 18.7 Å². The van der Waals surface area contributed by atoms with Gasteiger partial charge in [-0.2, -0.15) is 0 Å². The predicted octanol–water partition coefficient (Wildman–Crippen LogP) is 3.65. The maximum absolute atomic E-state index is 6.18. The van der Waals surface area contributed by atoms with Gasteiger partial charge < -0.3 is 10.1 Å². The second-order valence-corrected chi connectivity index (χ2v) is 5.66. The smallest absolute Gasteiger partial charge is 0.123 e. The number of likely N-dealkylation sites (N-methyl/N-ethyl adjacent to an activating group) is 1. The van der Waals surface area contributed by atoms with E-state index in [1.54, 1.807) is 0 Å². The molecule has 0 fully saturated rings. The summed E-state index contributed by atoms with van der Waals surface area (Å²) in [5, 5.41) is 3.17. The Kier molecular flexibility index (Phi) is 4.80. The number of nitrogens with one attached hydrogen (secondary N) is 1. The fourth-order valence-electron chi connectivity index (χ4n) is 2.32. The molecule has 0 aromatic heterocycles. The Hall–Kier alpha value is -1.80. The van der Waals surface area contributed by atoms with E-state index in [4.69, 9.17) is 4.74 Å². The number of para-hydroxylation sites is 1. The first-order valence-corrected chi connectivity index (χ1v) is 7.06. The first-order chi connectivity index (χ1) is 9.61. The van der Waals surface area contributed by atoms with E-state index >= 15 is 0 Å². The number of hydrogen-bond acceptors (Lipinski definition) is 2. The molecule has 0 saturated heterocycles. The lowest BCUT2D eigenvalue weighted by Crippen LogP contribution is -2.39. The fraction of sp³-hybridized carbons (Fsp3) is 0.333. The first-order valence-electron chi connectivity index (χ1n) is 7.06. The van der Waals surface area contributed by atoms with Crippen molar-refractivity contribution in [2.45, 2.75) is 25.9 Å². The highest BCUT2D eigenvalue weighted by molar-refractivity contribution is 5.37. The van der Waals surface area contributed by atoms with Crippen LogP contribution in [-0.4, -0.2) is 19.2 Å². The molecule has 0 amide bonds. The van der Waals surface area contributed by atoms with Crippen LogP contribution in [-0.2, 0) is 6.42 Å². The van der Waals surface area contributed by atoms with Gasteiger partial charge in [-0.25, -0.2) is 0 Å². The molecular weight excluding hydrogens is 246 g/mol. The molecule has 2 rings (SSSR count). The summed E-state index contributed by atoms with van der Waals surface area (Å²) in [6, 6.07) is 18.8. The van der Waals surface area contributed by atoms with Crippen molar-refractivity contribution in [3.8, 4) is 5.75 Å². The summed E-state index contributed by atoms with van der Waals surface area (Å²) in [4.78, 5) is 0. The van der Waals surface area contributed by atoms with E-state index in [-0.39, 0.29) is 5.60 Å². The topological polar surface area (TPSA) is 21.3 Å². The van der Waals surface area contributed by atoms with Crippen LogP contribution in [0.4, 0.5) is 0 Å². The monoisotopic (exact) mass is 269 g/mol. The molecule has 0 radical (unpaired) electrons.